The Morgan fingerprint density at radius 3 is 2.60 bits per heavy atom. The van der Waals surface area contributed by atoms with Crippen LogP contribution in [-0.4, -0.2) is 4.98 Å². The van der Waals surface area contributed by atoms with Gasteiger partial charge < -0.3 is 4.98 Å². The summed E-state index contributed by atoms with van der Waals surface area (Å²) in [6.07, 6.45) is 1.69. The number of halogens is 1. The molecule has 0 atom stereocenters. The van der Waals surface area contributed by atoms with E-state index in [2.05, 4.69) is 20.9 Å². The Kier molecular flexibility index (Phi) is 1.94. The highest BCUT2D eigenvalue weighted by atomic mass is 79.9. The van der Waals surface area contributed by atoms with Gasteiger partial charge in [-0.25, -0.2) is 0 Å². The summed E-state index contributed by atoms with van der Waals surface area (Å²) in [5, 5.41) is 0. The topological polar surface area (TPSA) is 32.9 Å². The van der Waals surface area contributed by atoms with E-state index >= 15 is 0 Å². The highest BCUT2D eigenvalue weighted by Gasteiger charge is 2.00. The summed E-state index contributed by atoms with van der Waals surface area (Å²) in [7, 11) is 0. The van der Waals surface area contributed by atoms with Crippen LogP contribution in [0.1, 0.15) is 11.1 Å². The molecule has 1 aromatic rings. The maximum atomic E-state index is 10.9. The lowest BCUT2D eigenvalue weighted by Gasteiger charge is -1.98. The van der Waals surface area contributed by atoms with Gasteiger partial charge in [-0.15, -0.1) is 0 Å². The van der Waals surface area contributed by atoms with Crippen LogP contribution in [0.15, 0.2) is 15.5 Å². The zero-order chi connectivity index (χ0) is 7.72. The Hall–Kier alpha value is -0.570. The molecular formula is C7H8BrNO. The summed E-state index contributed by atoms with van der Waals surface area (Å²) in [5.74, 6) is 0. The van der Waals surface area contributed by atoms with E-state index in [9.17, 15) is 4.79 Å². The molecular weight excluding hydrogens is 194 g/mol. The first kappa shape index (κ1) is 7.54. The third kappa shape index (κ3) is 1.14. The molecule has 0 unspecified atom stereocenters. The monoisotopic (exact) mass is 201 g/mol. The molecule has 0 aliphatic carbocycles. The van der Waals surface area contributed by atoms with Crippen molar-refractivity contribution >= 4 is 15.9 Å². The summed E-state index contributed by atoms with van der Waals surface area (Å²) in [6, 6.07) is 0. The molecule has 2 nitrogen and oxygen atoms in total. The van der Waals surface area contributed by atoms with Gasteiger partial charge in [0.25, 0.3) is 5.56 Å². The molecule has 0 bridgehead atoms. The Morgan fingerprint density at radius 2 is 2.10 bits per heavy atom. The van der Waals surface area contributed by atoms with Crippen LogP contribution < -0.4 is 5.56 Å². The Morgan fingerprint density at radius 1 is 1.50 bits per heavy atom. The van der Waals surface area contributed by atoms with Gasteiger partial charge in [-0.1, -0.05) is 0 Å². The number of aryl methyl sites for hydroxylation is 1. The Bertz CT molecular complexity index is 303. The highest BCUT2D eigenvalue weighted by molar-refractivity contribution is 9.10. The van der Waals surface area contributed by atoms with E-state index < -0.39 is 0 Å². The fraction of sp³-hybridized carbons (Fsp3) is 0.286. The number of nitrogens with one attached hydrogen (secondary N) is 1. The third-order valence-corrected chi connectivity index (χ3v) is 2.66. The molecule has 1 heterocycles. The average Bonchev–Trinajstić information content (AvgIpc) is 1.93. The molecule has 1 rings (SSSR count). The van der Waals surface area contributed by atoms with Gasteiger partial charge >= 0.3 is 0 Å². The molecule has 54 valence electrons. The summed E-state index contributed by atoms with van der Waals surface area (Å²) >= 11 is 3.31. The predicted molar refractivity (Wildman–Crippen MR) is 44.2 cm³/mol. The maximum Gasteiger partial charge on any atom is 0.251 e. The molecule has 0 aliphatic rings. The van der Waals surface area contributed by atoms with Crippen molar-refractivity contribution in [2.75, 3.05) is 0 Å². The molecule has 0 aliphatic heterocycles. The van der Waals surface area contributed by atoms with Crippen LogP contribution in [0.5, 0.6) is 0 Å². The van der Waals surface area contributed by atoms with Crippen LogP contribution in [0.3, 0.4) is 0 Å². The highest BCUT2D eigenvalue weighted by Crippen LogP contribution is 2.15. The molecule has 0 amide bonds. The molecule has 0 fully saturated rings. The van der Waals surface area contributed by atoms with Gasteiger partial charge in [0.1, 0.15) is 0 Å². The number of rotatable bonds is 0. The maximum absolute atomic E-state index is 10.9. The van der Waals surface area contributed by atoms with E-state index in [1.807, 2.05) is 6.92 Å². The number of hydrogen-bond acceptors (Lipinski definition) is 1. The van der Waals surface area contributed by atoms with E-state index in [1.165, 1.54) is 0 Å². The van der Waals surface area contributed by atoms with Crippen molar-refractivity contribution in [2.24, 2.45) is 0 Å². The molecule has 0 radical (unpaired) electrons. The van der Waals surface area contributed by atoms with Crippen LogP contribution in [0.2, 0.25) is 0 Å². The number of H-pyrrole nitrogens is 1. The van der Waals surface area contributed by atoms with Crippen molar-refractivity contribution in [3.63, 3.8) is 0 Å². The van der Waals surface area contributed by atoms with Crippen molar-refractivity contribution < 1.29 is 0 Å². The standard InChI is InChI=1S/C7H8BrNO/c1-4-3-9-7(10)5(2)6(4)8/h3H,1-2H3,(H,9,10). The lowest BCUT2D eigenvalue weighted by atomic mass is 10.2. The lowest BCUT2D eigenvalue weighted by Crippen LogP contribution is -2.09. The van der Waals surface area contributed by atoms with Crippen molar-refractivity contribution in [2.45, 2.75) is 13.8 Å². The van der Waals surface area contributed by atoms with Gasteiger partial charge in [0.05, 0.1) is 0 Å². The van der Waals surface area contributed by atoms with E-state index in [-0.39, 0.29) is 5.56 Å². The molecule has 0 saturated carbocycles. The summed E-state index contributed by atoms with van der Waals surface area (Å²) in [4.78, 5) is 13.5. The summed E-state index contributed by atoms with van der Waals surface area (Å²) < 4.78 is 0.899. The van der Waals surface area contributed by atoms with E-state index in [4.69, 9.17) is 0 Å². The first-order chi connectivity index (χ1) is 4.63. The first-order valence-electron chi connectivity index (χ1n) is 2.97. The molecule has 0 saturated heterocycles. The van der Waals surface area contributed by atoms with Crippen LogP contribution in [0.4, 0.5) is 0 Å². The third-order valence-electron chi connectivity index (χ3n) is 1.44. The minimum absolute atomic E-state index is 0.0301. The zero-order valence-corrected chi connectivity index (χ0v) is 7.45. The average molecular weight is 202 g/mol. The molecule has 3 heteroatoms. The largest absolute Gasteiger partial charge is 0.329 e. The molecule has 0 aromatic carbocycles. The quantitative estimate of drug-likeness (QED) is 0.682. The van der Waals surface area contributed by atoms with Gasteiger partial charge in [0.2, 0.25) is 0 Å². The first-order valence-corrected chi connectivity index (χ1v) is 3.76. The van der Waals surface area contributed by atoms with Gasteiger partial charge in [-0.05, 0) is 35.3 Å². The van der Waals surface area contributed by atoms with Crippen LogP contribution >= 0.6 is 15.9 Å². The second-order valence-corrected chi connectivity index (χ2v) is 3.03. The number of pyridine rings is 1. The second-order valence-electron chi connectivity index (χ2n) is 2.24. The zero-order valence-electron chi connectivity index (χ0n) is 5.86. The summed E-state index contributed by atoms with van der Waals surface area (Å²) in [5.41, 5.74) is 1.76. The fourth-order valence-corrected chi connectivity index (χ4v) is 1.04. The number of hydrogen-bond donors (Lipinski definition) is 1. The minimum atomic E-state index is -0.0301. The minimum Gasteiger partial charge on any atom is -0.329 e. The number of aromatic nitrogens is 1. The van der Waals surface area contributed by atoms with E-state index in [0.717, 1.165) is 15.6 Å². The van der Waals surface area contributed by atoms with Gasteiger partial charge in [0.15, 0.2) is 0 Å². The second kappa shape index (κ2) is 2.58. The van der Waals surface area contributed by atoms with Crippen LogP contribution in [0.25, 0.3) is 0 Å². The lowest BCUT2D eigenvalue weighted by molar-refractivity contribution is 1.13. The normalized spacial score (nSPS) is 9.90. The SMILES string of the molecule is Cc1c[nH]c(=O)c(C)c1Br. The van der Waals surface area contributed by atoms with Crippen LogP contribution in [0, 0.1) is 13.8 Å². The summed E-state index contributed by atoms with van der Waals surface area (Å²) in [6.45, 7) is 3.73. The van der Waals surface area contributed by atoms with E-state index in [0.29, 0.717) is 0 Å². The van der Waals surface area contributed by atoms with Crippen molar-refractivity contribution in [1.29, 1.82) is 0 Å². The van der Waals surface area contributed by atoms with Crippen molar-refractivity contribution in [3.05, 3.63) is 32.2 Å². The smallest absolute Gasteiger partial charge is 0.251 e. The van der Waals surface area contributed by atoms with E-state index in [1.54, 1.807) is 13.1 Å². The predicted octanol–water partition coefficient (Wildman–Crippen LogP) is 1.75. The van der Waals surface area contributed by atoms with Crippen molar-refractivity contribution in [3.8, 4) is 0 Å². The Labute approximate surface area is 67.4 Å². The molecule has 1 N–H and O–H groups in total. The Balaban J connectivity index is 3.49. The van der Waals surface area contributed by atoms with Crippen molar-refractivity contribution in [1.82, 2.24) is 4.98 Å². The molecule has 0 spiro atoms. The molecule has 1 aromatic heterocycles. The van der Waals surface area contributed by atoms with Gasteiger partial charge in [-0.3, -0.25) is 4.79 Å². The fourth-order valence-electron chi connectivity index (χ4n) is 0.741. The van der Waals surface area contributed by atoms with Gasteiger partial charge in [-0.2, -0.15) is 0 Å². The number of aromatic amines is 1. The van der Waals surface area contributed by atoms with Gasteiger partial charge in [0, 0.05) is 16.2 Å². The molecule has 10 heavy (non-hydrogen) atoms. The van der Waals surface area contributed by atoms with Crippen LogP contribution in [-0.2, 0) is 0 Å².